The molecule has 4 aromatic heterocycles. The Bertz CT molecular complexity index is 2000. The highest BCUT2D eigenvalue weighted by Gasteiger charge is 2.53. The van der Waals surface area contributed by atoms with E-state index in [0.717, 1.165) is 48.8 Å². The number of nitriles is 1. The van der Waals surface area contributed by atoms with E-state index in [2.05, 4.69) is 49.6 Å². The summed E-state index contributed by atoms with van der Waals surface area (Å²) >= 11 is 0. The lowest BCUT2D eigenvalue weighted by molar-refractivity contribution is 0.154. The summed E-state index contributed by atoms with van der Waals surface area (Å²) in [6, 6.07) is 12.0. The van der Waals surface area contributed by atoms with Gasteiger partial charge in [0.2, 0.25) is 0 Å². The van der Waals surface area contributed by atoms with Crippen molar-refractivity contribution >= 4 is 30.3 Å². The summed E-state index contributed by atoms with van der Waals surface area (Å²) in [6.07, 6.45) is 9.77. The molecule has 1 aromatic carbocycles. The van der Waals surface area contributed by atoms with Crippen LogP contribution in [0.1, 0.15) is 57.7 Å². The third-order valence-electron chi connectivity index (χ3n) is 9.49. The first-order valence-corrected chi connectivity index (χ1v) is 18.0. The molecule has 220 valence electrons. The van der Waals surface area contributed by atoms with Crippen LogP contribution in [0.5, 0.6) is 0 Å². The quantitative estimate of drug-likeness (QED) is 0.202. The van der Waals surface area contributed by atoms with Crippen LogP contribution in [0.25, 0.3) is 38.8 Å². The average Bonchev–Trinajstić information content (AvgIpc) is 3.86. The van der Waals surface area contributed by atoms with Gasteiger partial charge in [0.25, 0.3) is 5.56 Å². The van der Waals surface area contributed by atoms with E-state index in [0.29, 0.717) is 39.3 Å². The fourth-order valence-electron chi connectivity index (χ4n) is 5.75. The minimum absolute atomic E-state index is 0.0977. The molecule has 10 heteroatoms. The molecule has 0 amide bonds. The molecule has 5 aromatic rings. The van der Waals surface area contributed by atoms with Crippen LogP contribution in [0.15, 0.2) is 53.7 Å². The molecule has 2 fully saturated rings. The van der Waals surface area contributed by atoms with E-state index in [4.69, 9.17) is 14.5 Å². The lowest BCUT2D eigenvalue weighted by Gasteiger charge is -2.39. The van der Waals surface area contributed by atoms with E-state index in [9.17, 15) is 10.1 Å². The topological polar surface area (TPSA) is 104 Å². The number of aromatic nitrogens is 6. The second-order valence-electron chi connectivity index (χ2n) is 13.9. The van der Waals surface area contributed by atoms with Gasteiger partial charge in [-0.1, -0.05) is 26.8 Å². The predicted octanol–water partition coefficient (Wildman–Crippen LogP) is 6.43. The molecular weight excluding hydrogens is 554 g/mol. The molecular formula is C33H37N7O2Si. The van der Waals surface area contributed by atoms with Crippen LogP contribution in [-0.2, 0) is 23.6 Å². The Hall–Kier alpha value is -4.07. The van der Waals surface area contributed by atoms with E-state index in [-0.39, 0.29) is 16.2 Å². The van der Waals surface area contributed by atoms with Gasteiger partial charge in [0.1, 0.15) is 11.6 Å². The van der Waals surface area contributed by atoms with Gasteiger partial charge in [0.15, 0.2) is 8.32 Å². The van der Waals surface area contributed by atoms with Gasteiger partial charge in [-0.3, -0.25) is 14.5 Å². The van der Waals surface area contributed by atoms with Crippen molar-refractivity contribution in [3.05, 3.63) is 70.5 Å². The highest BCUT2D eigenvalue weighted by Crippen LogP contribution is 2.53. The summed E-state index contributed by atoms with van der Waals surface area (Å²) in [4.78, 5) is 19.3. The standard InChI is InChI=1S/C33H37N7O2Si/c1-32(2,3)43(5,6)42-33(13-14-33)27-12-9-22(17-35-27)28-30-29(24(16-34)20-39(30)18-21-7-8-21)37-40(31(28)41)25-10-11-26-23(15-25)19-38(4)36-26/h9-12,15,17,19-21H,7-8,13-14,18H2,1-6H3. The molecule has 0 atom stereocenters. The number of fused-ring (bicyclic) bond motifs is 2. The molecule has 4 heterocycles. The zero-order chi connectivity index (χ0) is 30.3. The molecule has 0 N–H and O–H groups in total. The summed E-state index contributed by atoms with van der Waals surface area (Å²) < 4.78 is 12.1. The van der Waals surface area contributed by atoms with Crippen molar-refractivity contribution in [3.63, 3.8) is 0 Å². The number of nitrogens with zero attached hydrogens (tertiary/aromatic N) is 7. The number of benzene rings is 1. The molecule has 0 unspecified atom stereocenters. The lowest BCUT2D eigenvalue weighted by atomic mass is 10.1. The van der Waals surface area contributed by atoms with Gasteiger partial charge in [-0.25, -0.2) is 0 Å². The molecule has 7 rings (SSSR count). The SMILES string of the molecule is Cn1cc2cc(-n3nc4c(C#N)cn(CC5CC5)c4c(-c4ccc(C5(O[Si](C)(C)C(C)(C)C)CC5)nc4)c3=O)ccc2n1. The summed E-state index contributed by atoms with van der Waals surface area (Å²) in [7, 11) is -0.136. The van der Waals surface area contributed by atoms with Gasteiger partial charge < -0.3 is 8.99 Å². The van der Waals surface area contributed by atoms with E-state index in [1.54, 1.807) is 10.9 Å². The highest BCUT2D eigenvalue weighted by molar-refractivity contribution is 6.74. The second kappa shape index (κ2) is 9.46. The number of hydrogen-bond acceptors (Lipinski definition) is 6. The maximum atomic E-state index is 14.4. The van der Waals surface area contributed by atoms with Crippen LogP contribution in [0.4, 0.5) is 0 Å². The zero-order valence-electron chi connectivity index (χ0n) is 25.7. The van der Waals surface area contributed by atoms with E-state index >= 15 is 0 Å². The zero-order valence-corrected chi connectivity index (χ0v) is 26.7. The Balaban J connectivity index is 1.39. The minimum Gasteiger partial charge on any atom is -0.406 e. The molecule has 9 nitrogen and oxygen atoms in total. The van der Waals surface area contributed by atoms with E-state index in [1.807, 2.05) is 49.8 Å². The van der Waals surface area contributed by atoms with E-state index < -0.39 is 8.32 Å². The summed E-state index contributed by atoms with van der Waals surface area (Å²) in [5.74, 6) is 0.549. The Labute approximate surface area is 251 Å². The maximum Gasteiger partial charge on any atom is 0.281 e. The first kappa shape index (κ1) is 27.7. The number of rotatable bonds is 7. The first-order valence-electron chi connectivity index (χ1n) is 15.1. The smallest absolute Gasteiger partial charge is 0.281 e. The largest absolute Gasteiger partial charge is 0.406 e. The normalized spacial score (nSPS) is 16.6. The van der Waals surface area contributed by atoms with Gasteiger partial charge >= 0.3 is 0 Å². The van der Waals surface area contributed by atoms with Crippen LogP contribution >= 0.6 is 0 Å². The highest BCUT2D eigenvalue weighted by atomic mass is 28.4. The lowest BCUT2D eigenvalue weighted by Crippen LogP contribution is -2.44. The second-order valence-corrected chi connectivity index (χ2v) is 18.6. The molecule has 2 aliphatic carbocycles. The molecule has 0 radical (unpaired) electrons. The van der Waals surface area contributed by atoms with Crippen molar-refractivity contribution in [1.29, 1.82) is 5.26 Å². The van der Waals surface area contributed by atoms with Crippen molar-refractivity contribution < 1.29 is 4.43 Å². The molecule has 0 saturated heterocycles. The number of hydrogen-bond donors (Lipinski definition) is 0. The van der Waals surface area contributed by atoms with Crippen molar-refractivity contribution in [2.75, 3.05) is 0 Å². The Kier molecular flexibility index (Phi) is 6.11. The third kappa shape index (κ3) is 4.71. The van der Waals surface area contributed by atoms with E-state index in [1.165, 1.54) is 4.68 Å². The van der Waals surface area contributed by atoms with Crippen molar-refractivity contribution in [3.8, 4) is 22.9 Å². The summed E-state index contributed by atoms with van der Waals surface area (Å²) in [5, 5.41) is 20.4. The monoisotopic (exact) mass is 591 g/mol. The van der Waals surface area contributed by atoms with Crippen LogP contribution in [0.2, 0.25) is 18.1 Å². The van der Waals surface area contributed by atoms with Crippen molar-refractivity contribution in [1.82, 2.24) is 29.1 Å². The van der Waals surface area contributed by atoms with Crippen LogP contribution in [0, 0.1) is 17.2 Å². The van der Waals surface area contributed by atoms with Crippen LogP contribution < -0.4 is 5.56 Å². The fourth-order valence-corrected chi connectivity index (χ4v) is 7.34. The fraction of sp³-hybridized carbons (Fsp3) is 0.424. The predicted molar refractivity (Wildman–Crippen MR) is 169 cm³/mol. The summed E-state index contributed by atoms with van der Waals surface area (Å²) in [6.45, 7) is 12.1. The molecule has 0 spiro atoms. The van der Waals surface area contributed by atoms with Crippen molar-refractivity contribution in [2.45, 2.75) is 76.7 Å². The van der Waals surface area contributed by atoms with Crippen LogP contribution in [0.3, 0.4) is 0 Å². The van der Waals surface area contributed by atoms with Crippen LogP contribution in [-0.4, -0.2) is 37.4 Å². The molecule has 2 aliphatic rings. The van der Waals surface area contributed by atoms with Gasteiger partial charge in [0, 0.05) is 43.1 Å². The average molecular weight is 592 g/mol. The Morgan fingerprint density at radius 1 is 1.12 bits per heavy atom. The summed E-state index contributed by atoms with van der Waals surface area (Å²) in [5.41, 5.74) is 4.66. The maximum absolute atomic E-state index is 14.4. The molecule has 0 bridgehead atoms. The van der Waals surface area contributed by atoms with Crippen molar-refractivity contribution in [2.24, 2.45) is 13.0 Å². The molecule has 2 saturated carbocycles. The third-order valence-corrected chi connectivity index (χ3v) is 14.0. The van der Waals surface area contributed by atoms with Gasteiger partial charge in [-0.05, 0) is 74.0 Å². The minimum atomic E-state index is -2.01. The first-order chi connectivity index (χ1) is 20.4. The number of aryl methyl sites for hydroxylation is 1. The van der Waals surface area contributed by atoms with Gasteiger partial charge in [-0.2, -0.15) is 20.1 Å². The molecule has 0 aliphatic heterocycles. The van der Waals surface area contributed by atoms with Gasteiger partial charge in [0.05, 0.1) is 39.1 Å². The Morgan fingerprint density at radius 3 is 2.51 bits per heavy atom. The van der Waals surface area contributed by atoms with Gasteiger partial charge in [-0.15, -0.1) is 0 Å². The molecule has 43 heavy (non-hydrogen) atoms. The number of pyridine rings is 1. The Morgan fingerprint density at radius 2 is 1.88 bits per heavy atom.